The first-order valence-corrected chi connectivity index (χ1v) is 11.7. The Morgan fingerprint density at radius 2 is 1.94 bits per heavy atom. The first kappa shape index (κ1) is 23.5. The molecule has 0 radical (unpaired) electrons. The molecule has 2 N–H and O–H groups in total. The van der Waals surface area contributed by atoms with Crippen molar-refractivity contribution in [1.29, 1.82) is 0 Å². The smallest absolute Gasteiger partial charge is 0.220 e. The fraction of sp³-hybridized carbons (Fsp3) is 0.667. The number of carbonyl (C=O) groups is 1. The van der Waals surface area contributed by atoms with Crippen molar-refractivity contribution in [2.75, 3.05) is 39.9 Å². The predicted octanol–water partition coefficient (Wildman–Crippen LogP) is 2.70. The largest absolute Gasteiger partial charge is 0.381 e. The van der Waals surface area contributed by atoms with Crippen LogP contribution in [0.15, 0.2) is 29.3 Å². The zero-order valence-corrected chi connectivity index (χ0v) is 19.1. The number of ether oxygens (including phenoxy) is 2. The van der Waals surface area contributed by atoms with E-state index in [0.717, 1.165) is 64.5 Å². The topological polar surface area (TPSA) is 75.2 Å². The third-order valence-corrected chi connectivity index (χ3v) is 6.06. The lowest BCUT2D eigenvalue weighted by Crippen LogP contribution is -2.46. The second kappa shape index (κ2) is 12.7. The van der Waals surface area contributed by atoms with Crippen LogP contribution in [0.3, 0.4) is 0 Å². The molecule has 0 aliphatic carbocycles. The third-order valence-electron chi connectivity index (χ3n) is 6.06. The number of hydrogen-bond donors (Lipinski definition) is 2. The van der Waals surface area contributed by atoms with Gasteiger partial charge in [-0.15, -0.1) is 0 Å². The van der Waals surface area contributed by atoms with Crippen LogP contribution in [0.4, 0.5) is 0 Å². The number of hydrogen-bond acceptors (Lipinski definition) is 4. The number of benzene rings is 1. The van der Waals surface area contributed by atoms with E-state index in [4.69, 9.17) is 14.5 Å². The summed E-state index contributed by atoms with van der Waals surface area (Å²) < 4.78 is 11.5. The lowest BCUT2D eigenvalue weighted by molar-refractivity contribution is -0.121. The van der Waals surface area contributed by atoms with E-state index in [1.807, 2.05) is 0 Å². The van der Waals surface area contributed by atoms with Gasteiger partial charge in [0.05, 0.1) is 19.3 Å². The van der Waals surface area contributed by atoms with Crippen molar-refractivity contribution in [1.82, 2.24) is 15.5 Å². The monoisotopic (exact) mass is 430 g/mol. The highest BCUT2D eigenvalue weighted by atomic mass is 16.5. The summed E-state index contributed by atoms with van der Waals surface area (Å²) in [4.78, 5) is 18.9. The average molecular weight is 431 g/mol. The number of aliphatic imine (C=N–C) groups is 1. The molecule has 0 aromatic heterocycles. The van der Waals surface area contributed by atoms with E-state index in [0.29, 0.717) is 31.6 Å². The Bertz CT molecular complexity index is 711. The molecule has 0 unspecified atom stereocenters. The van der Waals surface area contributed by atoms with Gasteiger partial charge in [0, 0.05) is 46.3 Å². The van der Waals surface area contributed by atoms with E-state index in [-0.39, 0.29) is 5.91 Å². The Morgan fingerprint density at radius 1 is 1.19 bits per heavy atom. The van der Waals surface area contributed by atoms with Crippen LogP contribution in [-0.2, 0) is 27.4 Å². The molecule has 2 aliphatic rings. The van der Waals surface area contributed by atoms with Gasteiger partial charge in [0.15, 0.2) is 5.96 Å². The van der Waals surface area contributed by atoms with Gasteiger partial charge in [0.25, 0.3) is 0 Å². The molecule has 172 valence electrons. The first-order chi connectivity index (χ1) is 15.2. The van der Waals surface area contributed by atoms with E-state index in [1.165, 1.54) is 11.1 Å². The van der Waals surface area contributed by atoms with Crippen molar-refractivity contribution >= 4 is 11.9 Å². The molecule has 0 saturated carbocycles. The standard InChI is InChI=1S/C24H38N4O3/c1-3-26-24(28-11-7-19(8-12-28)16-23(29)25-2)27-17-20-5-4-6-21(15-20)18-31-22-9-13-30-14-10-22/h4-6,15,19,22H,3,7-14,16-18H2,1-2H3,(H,25,29)(H,26,27). The molecule has 2 fully saturated rings. The van der Waals surface area contributed by atoms with Gasteiger partial charge in [0.1, 0.15) is 0 Å². The summed E-state index contributed by atoms with van der Waals surface area (Å²) in [5.41, 5.74) is 2.39. The molecule has 7 heteroatoms. The van der Waals surface area contributed by atoms with Crippen LogP contribution in [0.5, 0.6) is 0 Å². The molecule has 2 aliphatic heterocycles. The summed E-state index contributed by atoms with van der Waals surface area (Å²) in [5, 5.41) is 6.17. The van der Waals surface area contributed by atoms with E-state index in [2.05, 4.69) is 46.7 Å². The lowest BCUT2D eigenvalue weighted by Gasteiger charge is -2.34. The van der Waals surface area contributed by atoms with Gasteiger partial charge >= 0.3 is 0 Å². The molecule has 1 aromatic rings. The second-order valence-electron chi connectivity index (χ2n) is 8.42. The lowest BCUT2D eigenvalue weighted by atomic mass is 9.93. The van der Waals surface area contributed by atoms with Crippen LogP contribution in [0.2, 0.25) is 0 Å². The van der Waals surface area contributed by atoms with E-state index in [9.17, 15) is 4.79 Å². The molecule has 0 bridgehead atoms. The average Bonchev–Trinajstić information content (AvgIpc) is 2.82. The number of amides is 1. The second-order valence-corrected chi connectivity index (χ2v) is 8.42. The summed E-state index contributed by atoms with van der Waals surface area (Å²) >= 11 is 0. The van der Waals surface area contributed by atoms with Gasteiger partial charge in [-0.2, -0.15) is 0 Å². The maximum atomic E-state index is 11.6. The van der Waals surface area contributed by atoms with Gasteiger partial charge in [-0.25, -0.2) is 4.99 Å². The minimum atomic E-state index is 0.139. The van der Waals surface area contributed by atoms with Gasteiger partial charge in [-0.3, -0.25) is 4.79 Å². The Hall–Kier alpha value is -2.12. The summed E-state index contributed by atoms with van der Waals surface area (Å²) in [6, 6.07) is 8.53. The predicted molar refractivity (Wildman–Crippen MR) is 123 cm³/mol. The van der Waals surface area contributed by atoms with Gasteiger partial charge in [-0.1, -0.05) is 24.3 Å². The van der Waals surface area contributed by atoms with Crippen molar-refractivity contribution in [3.05, 3.63) is 35.4 Å². The maximum absolute atomic E-state index is 11.6. The zero-order chi connectivity index (χ0) is 21.9. The highest BCUT2D eigenvalue weighted by Gasteiger charge is 2.23. The third kappa shape index (κ3) is 7.82. The van der Waals surface area contributed by atoms with Crippen molar-refractivity contribution in [2.24, 2.45) is 10.9 Å². The van der Waals surface area contributed by atoms with E-state index >= 15 is 0 Å². The van der Waals surface area contributed by atoms with Crippen molar-refractivity contribution in [2.45, 2.75) is 58.3 Å². The maximum Gasteiger partial charge on any atom is 0.220 e. The molecule has 2 heterocycles. The number of rotatable bonds is 8. The Morgan fingerprint density at radius 3 is 2.65 bits per heavy atom. The summed E-state index contributed by atoms with van der Waals surface area (Å²) in [5.74, 6) is 1.57. The van der Waals surface area contributed by atoms with Crippen molar-refractivity contribution < 1.29 is 14.3 Å². The number of nitrogens with zero attached hydrogens (tertiary/aromatic N) is 2. The number of guanidine groups is 1. The normalized spacial score (nSPS) is 18.8. The number of carbonyl (C=O) groups excluding carboxylic acids is 1. The van der Waals surface area contributed by atoms with Gasteiger partial charge in [0.2, 0.25) is 5.91 Å². The molecule has 7 nitrogen and oxygen atoms in total. The van der Waals surface area contributed by atoms with Gasteiger partial charge in [-0.05, 0) is 49.7 Å². The summed E-state index contributed by atoms with van der Waals surface area (Å²) in [6.07, 6.45) is 4.95. The molecule has 0 atom stereocenters. The molecular formula is C24H38N4O3. The Labute approximate surface area is 186 Å². The van der Waals surface area contributed by atoms with Crippen LogP contribution in [-0.4, -0.2) is 62.8 Å². The quantitative estimate of drug-likeness (QED) is 0.490. The van der Waals surface area contributed by atoms with Crippen LogP contribution >= 0.6 is 0 Å². The summed E-state index contributed by atoms with van der Waals surface area (Å²) in [7, 11) is 1.71. The fourth-order valence-corrected chi connectivity index (χ4v) is 4.18. The van der Waals surface area contributed by atoms with E-state index < -0.39 is 0 Å². The minimum Gasteiger partial charge on any atom is -0.381 e. The Kier molecular flexibility index (Phi) is 9.62. The highest BCUT2D eigenvalue weighted by molar-refractivity contribution is 5.80. The van der Waals surface area contributed by atoms with Crippen LogP contribution in [0, 0.1) is 5.92 Å². The molecule has 3 rings (SSSR count). The first-order valence-electron chi connectivity index (χ1n) is 11.7. The highest BCUT2D eigenvalue weighted by Crippen LogP contribution is 2.21. The number of nitrogens with one attached hydrogen (secondary N) is 2. The SMILES string of the molecule is CCNC(=NCc1cccc(COC2CCOCC2)c1)N1CCC(CC(=O)NC)CC1. The Balaban J connectivity index is 1.52. The minimum absolute atomic E-state index is 0.139. The fourth-order valence-electron chi connectivity index (χ4n) is 4.18. The molecule has 2 saturated heterocycles. The van der Waals surface area contributed by atoms with Gasteiger partial charge < -0.3 is 25.0 Å². The van der Waals surface area contributed by atoms with Crippen LogP contribution < -0.4 is 10.6 Å². The van der Waals surface area contributed by atoms with E-state index in [1.54, 1.807) is 7.05 Å². The zero-order valence-electron chi connectivity index (χ0n) is 19.1. The number of piperidine rings is 1. The molecular weight excluding hydrogens is 392 g/mol. The molecule has 1 aromatic carbocycles. The molecule has 31 heavy (non-hydrogen) atoms. The molecule has 0 spiro atoms. The van der Waals surface area contributed by atoms with Crippen LogP contribution in [0.25, 0.3) is 0 Å². The molecule has 1 amide bonds. The number of likely N-dealkylation sites (tertiary alicyclic amines) is 1. The van der Waals surface area contributed by atoms with Crippen molar-refractivity contribution in [3.8, 4) is 0 Å². The van der Waals surface area contributed by atoms with Crippen LogP contribution in [0.1, 0.15) is 50.2 Å². The summed E-state index contributed by atoms with van der Waals surface area (Å²) in [6.45, 7) is 7.70. The van der Waals surface area contributed by atoms with Crippen molar-refractivity contribution in [3.63, 3.8) is 0 Å².